The predicted molar refractivity (Wildman–Crippen MR) is 129 cm³/mol. The smallest absolute Gasteiger partial charge is 0.239 e. The zero-order valence-electron chi connectivity index (χ0n) is 18.3. The summed E-state index contributed by atoms with van der Waals surface area (Å²) in [6, 6.07) is 17.8. The number of amides is 1. The molecule has 4 rings (SSSR count). The summed E-state index contributed by atoms with van der Waals surface area (Å²) in [6.45, 7) is 1.86. The van der Waals surface area contributed by atoms with E-state index in [0.29, 0.717) is 11.1 Å². The summed E-state index contributed by atoms with van der Waals surface area (Å²) in [5, 5.41) is 11.2. The van der Waals surface area contributed by atoms with Gasteiger partial charge in [0, 0.05) is 18.2 Å². The molecule has 0 saturated heterocycles. The number of nitrogens with two attached hydrogens (primary N) is 1. The highest BCUT2D eigenvalue weighted by Crippen LogP contribution is 2.47. The molecule has 0 spiro atoms. The fourth-order valence-corrected chi connectivity index (χ4v) is 5.70. The number of thiophene rings is 1. The van der Waals surface area contributed by atoms with Crippen LogP contribution in [0.4, 0.5) is 0 Å². The summed E-state index contributed by atoms with van der Waals surface area (Å²) in [4.78, 5) is 20.4. The van der Waals surface area contributed by atoms with Crippen molar-refractivity contribution in [2.45, 2.75) is 23.3 Å². The molecule has 1 aromatic heterocycles. The number of hydrogen-bond donors (Lipinski definition) is 1. The quantitative estimate of drug-likeness (QED) is 0.616. The van der Waals surface area contributed by atoms with Gasteiger partial charge in [-0.3, -0.25) is 9.69 Å². The summed E-state index contributed by atoms with van der Waals surface area (Å²) in [5.74, 6) is -0.799. The Morgan fingerprint density at radius 3 is 2.48 bits per heavy atom. The average molecular weight is 479 g/mol. The van der Waals surface area contributed by atoms with Crippen LogP contribution in [0.5, 0.6) is 0 Å². The Hall–Kier alpha value is -3.48. The molecule has 0 unspecified atom stereocenters. The molecule has 2 heterocycles. The molecule has 33 heavy (non-hydrogen) atoms. The standard InChI is InChI=1S/C24H22N4O3S2/c1-24(20-12-18(14-32-20)17-6-4-5-15(11-17)13-25)21(22(29)28(2)23(26)27-24)16-7-9-19(10-8-16)33(3,30)31/h4-12,14,21H,1-3H3,(H2,26,27)/t21-,24-/m1/s1. The first-order valence-electron chi connectivity index (χ1n) is 10.1. The molecule has 3 aromatic rings. The van der Waals surface area contributed by atoms with E-state index in [-0.39, 0.29) is 16.8 Å². The Labute approximate surface area is 196 Å². The maximum Gasteiger partial charge on any atom is 0.239 e. The molecule has 2 N–H and O–H groups in total. The lowest BCUT2D eigenvalue weighted by Gasteiger charge is -2.40. The van der Waals surface area contributed by atoms with Gasteiger partial charge in [0.25, 0.3) is 0 Å². The van der Waals surface area contributed by atoms with Gasteiger partial charge < -0.3 is 5.73 Å². The van der Waals surface area contributed by atoms with Crippen LogP contribution in [0.25, 0.3) is 11.1 Å². The minimum Gasteiger partial charge on any atom is -0.369 e. The molecule has 2 aromatic carbocycles. The molecule has 1 amide bonds. The fraction of sp³-hybridized carbons (Fsp3) is 0.208. The van der Waals surface area contributed by atoms with Crippen molar-refractivity contribution >= 4 is 33.0 Å². The number of aliphatic imine (C=N–C) groups is 1. The topological polar surface area (TPSA) is 117 Å². The zero-order valence-corrected chi connectivity index (χ0v) is 19.9. The number of carbonyl (C=O) groups is 1. The van der Waals surface area contributed by atoms with Crippen LogP contribution < -0.4 is 5.73 Å². The van der Waals surface area contributed by atoms with E-state index in [1.54, 1.807) is 25.2 Å². The van der Waals surface area contributed by atoms with Gasteiger partial charge in [-0.1, -0.05) is 24.3 Å². The van der Waals surface area contributed by atoms with Crippen LogP contribution in [0, 0.1) is 11.3 Å². The van der Waals surface area contributed by atoms with E-state index in [4.69, 9.17) is 10.7 Å². The van der Waals surface area contributed by atoms with E-state index in [1.807, 2.05) is 36.6 Å². The van der Waals surface area contributed by atoms with Gasteiger partial charge in [-0.15, -0.1) is 11.3 Å². The molecule has 7 nitrogen and oxygen atoms in total. The molecule has 0 saturated carbocycles. The van der Waals surface area contributed by atoms with Crippen LogP contribution in [-0.2, 0) is 20.2 Å². The maximum atomic E-state index is 13.4. The Bertz CT molecular complexity index is 1420. The zero-order chi connectivity index (χ0) is 24.0. The van der Waals surface area contributed by atoms with Gasteiger partial charge in [-0.25, -0.2) is 13.4 Å². The van der Waals surface area contributed by atoms with Crippen LogP contribution in [0.2, 0.25) is 0 Å². The molecular weight excluding hydrogens is 456 g/mol. The van der Waals surface area contributed by atoms with Crippen LogP contribution in [0.1, 0.15) is 28.8 Å². The van der Waals surface area contributed by atoms with Crippen molar-refractivity contribution in [1.82, 2.24) is 4.90 Å². The number of rotatable bonds is 4. The summed E-state index contributed by atoms with van der Waals surface area (Å²) >= 11 is 1.46. The van der Waals surface area contributed by atoms with Crippen molar-refractivity contribution in [2.24, 2.45) is 10.7 Å². The Balaban J connectivity index is 1.83. The molecule has 168 valence electrons. The van der Waals surface area contributed by atoms with Crippen molar-refractivity contribution in [2.75, 3.05) is 13.3 Å². The molecule has 9 heteroatoms. The maximum absolute atomic E-state index is 13.4. The van der Waals surface area contributed by atoms with Crippen molar-refractivity contribution in [1.29, 1.82) is 5.26 Å². The van der Waals surface area contributed by atoms with E-state index >= 15 is 0 Å². The van der Waals surface area contributed by atoms with Gasteiger partial charge in [-0.05, 0) is 59.3 Å². The lowest BCUT2D eigenvalue weighted by atomic mass is 9.77. The number of benzene rings is 2. The Morgan fingerprint density at radius 1 is 1.15 bits per heavy atom. The summed E-state index contributed by atoms with van der Waals surface area (Å²) < 4.78 is 23.8. The monoisotopic (exact) mass is 478 g/mol. The second kappa shape index (κ2) is 8.14. The van der Waals surface area contributed by atoms with Gasteiger partial charge in [0.1, 0.15) is 5.54 Å². The lowest BCUT2D eigenvalue weighted by molar-refractivity contribution is -0.130. The first-order chi connectivity index (χ1) is 15.5. The van der Waals surface area contributed by atoms with Crippen molar-refractivity contribution < 1.29 is 13.2 Å². The minimum absolute atomic E-state index is 0.118. The van der Waals surface area contributed by atoms with E-state index in [0.717, 1.165) is 22.3 Å². The third kappa shape index (κ3) is 4.03. The number of guanidine groups is 1. The van der Waals surface area contributed by atoms with Crippen LogP contribution >= 0.6 is 11.3 Å². The third-order valence-corrected chi connectivity index (χ3v) is 8.18. The Morgan fingerprint density at radius 2 is 1.85 bits per heavy atom. The van der Waals surface area contributed by atoms with Crippen LogP contribution in [0.15, 0.2) is 69.9 Å². The average Bonchev–Trinajstić information content (AvgIpc) is 3.29. The first kappa shape index (κ1) is 22.7. The van der Waals surface area contributed by atoms with Gasteiger partial charge in [0.05, 0.1) is 22.4 Å². The number of nitriles is 1. The molecule has 1 aliphatic heterocycles. The second-order valence-electron chi connectivity index (χ2n) is 8.18. The molecule has 0 fully saturated rings. The van der Waals surface area contributed by atoms with E-state index in [9.17, 15) is 18.5 Å². The van der Waals surface area contributed by atoms with Gasteiger partial charge in [-0.2, -0.15) is 5.26 Å². The molecule has 0 radical (unpaired) electrons. The molecular formula is C24H22N4O3S2. The van der Waals surface area contributed by atoms with Crippen LogP contribution in [0.3, 0.4) is 0 Å². The summed E-state index contributed by atoms with van der Waals surface area (Å²) in [5.41, 5.74) is 8.14. The van der Waals surface area contributed by atoms with Gasteiger partial charge in [0.15, 0.2) is 15.8 Å². The van der Waals surface area contributed by atoms with Crippen molar-refractivity contribution in [3.63, 3.8) is 0 Å². The van der Waals surface area contributed by atoms with E-state index in [1.165, 1.54) is 28.4 Å². The third-order valence-electron chi connectivity index (χ3n) is 5.89. The fourth-order valence-electron chi connectivity index (χ4n) is 4.02. The van der Waals surface area contributed by atoms with Crippen LogP contribution in [-0.4, -0.2) is 38.5 Å². The normalized spacial score (nSPS) is 20.9. The van der Waals surface area contributed by atoms with Gasteiger partial charge in [0.2, 0.25) is 5.91 Å². The number of sulfone groups is 1. The number of carbonyl (C=O) groups excluding carboxylic acids is 1. The number of likely N-dealkylation sites (N-methyl/N-ethyl adjacent to an activating group) is 1. The Kier molecular flexibility index (Phi) is 5.60. The highest BCUT2D eigenvalue weighted by Gasteiger charge is 2.48. The molecule has 0 bridgehead atoms. The summed E-state index contributed by atoms with van der Waals surface area (Å²) in [6.07, 6.45) is 1.14. The SMILES string of the molecule is CN1C(=O)[C@@H](c2ccc(S(C)(=O)=O)cc2)[C@@](C)(c2cc(-c3cccc(C#N)c3)cs2)N=C1N. The second-order valence-corrected chi connectivity index (χ2v) is 11.1. The number of nitrogens with zero attached hydrogens (tertiary/aromatic N) is 3. The minimum atomic E-state index is -3.36. The number of hydrogen-bond acceptors (Lipinski definition) is 7. The lowest BCUT2D eigenvalue weighted by Crippen LogP contribution is -2.52. The predicted octanol–water partition coefficient (Wildman–Crippen LogP) is 3.48. The van der Waals surface area contributed by atoms with E-state index < -0.39 is 21.3 Å². The van der Waals surface area contributed by atoms with Crippen molar-refractivity contribution in [3.8, 4) is 17.2 Å². The molecule has 2 atom stereocenters. The highest BCUT2D eigenvalue weighted by atomic mass is 32.2. The first-order valence-corrected chi connectivity index (χ1v) is 12.8. The highest BCUT2D eigenvalue weighted by molar-refractivity contribution is 7.90. The molecule has 1 aliphatic rings. The summed E-state index contributed by atoms with van der Waals surface area (Å²) in [7, 11) is -1.79. The molecule has 0 aliphatic carbocycles. The largest absolute Gasteiger partial charge is 0.369 e. The van der Waals surface area contributed by atoms with Crippen molar-refractivity contribution in [3.05, 3.63) is 76.0 Å². The van der Waals surface area contributed by atoms with Gasteiger partial charge >= 0.3 is 0 Å². The van der Waals surface area contributed by atoms with E-state index in [2.05, 4.69) is 6.07 Å².